The second-order valence-electron chi connectivity index (χ2n) is 8.24. The highest BCUT2D eigenvalue weighted by Crippen LogP contribution is 2.40. The molecule has 2 aromatic carbocycles. The van der Waals surface area contributed by atoms with Crippen LogP contribution in [0.1, 0.15) is 24.8 Å². The molecule has 4 rings (SSSR count). The highest BCUT2D eigenvalue weighted by molar-refractivity contribution is 6.42. The number of carbonyl (C=O) groups is 1. The maximum atomic E-state index is 12.8. The summed E-state index contributed by atoms with van der Waals surface area (Å²) in [6, 6.07) is 21.2. The molecule has 1 amide bonds. The van der Waals surface area contributed by atoms with E-state index in [4.69, 9.17) is 27.9 Å². The van der Waals surface area contributed by atoms with Gasteiger partial charge in [-0.05, 0) is 61.3 Å². The van der Waals surface area contributed by atoms with Gasteiger partial charge in [-0.1, -0.05) is 53.5 Å². The van der Waals surface area contributed by atoms with E-state index in [1.165, 1.54) is 0 Å². The van der Waals surface area contributed by atoms with E-state index in [9.17, 15) is 4.79 Å². The summed E-state index contributed by atoms with van der Waals surface area (Å²) in [6.07, 6.45) is 3.75. The molecule has 1 atom stereocenters. The molecule has 33 heavy (non-hydrogen) atoms. The number of ether oxygens (including phenoxy) is 1. The summed E-state index contributed by atoms with van der Waals surface area (Å²) in [5, 5.41) is 4.54. The van der Waals surface area contributed by atoms with Crippen LogP contribution < -0.4 is 15.0 Å². The molecule has 1 saturated heterocycles. The zero-order valence-electron chi connectivity index (χ0n) is 18.3. The molecule has 1 aliphatic heterocycles. The van der Waals surface area contributed by atoms with Crippen molar-refractivity contribution in [3.8, 4) is 5.75 Å². The lowest BCUT2D eigenvalue weighted by molar-refractivity contribution is -0.120. The van der Waals surface area contributed by atoms with Crippen molar-refractivity contribution in [2.45, 2.75) is 24.7 Å². The Balaban J connectivity index is 1.46. The van der Waals surface area contributed by atoms with E-state index < -0.39 is 0 Å². The van der Waals surface area contributed by atoms with Crippen LogP contribution in [0.2, 0.25) is 10.0 Å². The molecule has 0 saturated carbocycles. The zero-order chi connectivity index (χ0) is 23.1. The summed E-state index contributed by atoms with van der Waals surface area (Å²) in [6.45, 7) is 2.64. The third-order valence-electron chi connectivity index (χ3n) is 6.11. The molecular weight excluding hydrogens is 457 g/mol. The van der Waals surface area contributed by atoms with E-state index in [2.05, 4.69) is 10.3 Å². The van der Waals surface area contributed by atoms with Crippen molar-refractivity contribution in [1.82, 2.24) is 10.3 Å². The van der Waals surface area contributed by atoms with Gasteiger partial charge in [-0.3, -0.25) is 9.69 Å². The summed E-state index contributed by atoms with van der Waals surface area (Å²) >= 11 is 12.6. The Morgan fingerprint density at radius 3 is 2.58 bits per heavy atom. The van der Waals surface area contributed by atoms with E-state index in [0.29, 0.717) is 35.4 Å². The molecule has 1 N–H and O–H groups in total. The molecule has 0 spiro atoms. The predicted octanol–water partition coefficient (Wildman–Crippen LogP) is 5.51. The van der Waals surface area contributed by atoms with Gasteiger partial charge in [-0.25, -0.2) is 4.98 Å². The summed E-state index contributed by atoms with van der Waals surface area (Å²) in [7, 11) is 0. The van der Waals surface area contributed by atoms with Crippen LogP contribution in [0.5, 0.6) is 5.75 Å². The Morgan fingerprint density at radius 1 is 1.00 bits per heavy atom. The molecular formula is C26H27Cl2N3O2. The molecule has 0 radical (unpaired) electrons. The highest BCUT2D eigenvalue weighted by atomic mass is 35.5. The molecule has 5 nitrogen and oxygen atoms in total. The minimum atomic E-state index is -0.257. The first-order chi connectivity index (χ1) is 16.1. The molecule has 1 fully saturated rings. The molecule has 7 heteroatoms. The van der Waals surface area contributed by atoms with Crippen LogP contribution in [0.25, 0.3) is 0 Å². The van der Waals surface area contributed by atoms with Gasteiger partial charge in [0.2, 0.25) is 5.91 Å². The van der Waals surface area contributed by atoms with Crippen LogP contribution in [0, 0.1) is 0 Å². The third-order valence-corrected chi connectivity index (χ3v) is 6.85. The van der Waals surface area contributed by atoms with E-state index in [0.717, 1.165) is 37.2 Å². The smallest absolute Gasteiger partial charge is 0.228 e. The fraction of sp³-hybridized carbons (Fsp3) is 0.308. The number of nitrogens with one attached hydrogen (secondary N) is 1. The second-order valence-corrected chi connectivity index (χ2v) is 9.05. The van der Waals surface area contributed by atoms with Gasteiger partial charge in [0.15, 0.2) is 0 Å². The van der Waals surface area contributed by atoms with Crippen molar-refractivity contribution in [2.24, 2.45) is 0 Å². The lowest BCUT2D eigenvalue weighted by Crippen LogP contribution is -2.50. The van der Waals surface area contributed by atoms with Crippen LogP contribution in [0.15, 0.2) is 72.9 Å². The Kier molecular flexibility index (Phi) is 7.86. The van der Waals surface area contributed by atoms with Crippen molar-refractivity contribution in [1.29, 1.82) is 0 Å². The van der Waals surface area contributed by atoms with Crippen LogP contribution in [-0.4, -0.2) is 37.1 Å². The maximum absolute atomic E-state index is 12.8. The number of pyridine rings is 1. The van der Waals surface area contributed by atoms with Gasteiger partial charge in [0, 0.05) is 31.1 Å². The number of benzene rings is 2. The number of hydrogen-bond donors (Lipinski definition) is 1. The third kappa shape index (κ3) is 5.85. The van der Waals surface area contributed by atoms with Gasteiger partial charge in [-0.15, -0.1) is 0 Å². The first kappa shape index (κ1) is 23.6. The van der Waals surface area contributed by atoms with Crippen LogP contribution in [0.4, 0.5) is 5.82 Å². The Hall–Kier alpha value is -2.60. The highest BCUT2D eigenvalue weighted by Gasteiger charge is 2.41. The number of halogens is 2. The predicted molar refractivity (Wildman–Crippen MR) is 133 cm³/mol. The molecule has 0 aliphatic carbocycles. The minimum Gasteiger partial charge on any atom is -0.492 e. The quantitative estimate of drug-likeness (QED) is 0.407. The van der Waals surface area contributed by atoms with E-state index in [1.54, 1.807) is 11.1 Å². The van der Waals surface area contributed by atoms with Gasteiger partial charge in [0.25, 0.3) is 0 Å². The van der Waals surface area contributed by atoms with Crippen LogP contribution >= 0.6 is 23.2 Å². The number of carbonyl (C=O) groups excluding carboxylic acids is 1. The molecule has 3 aromatic rings. The molecule has 1 aromatic heterocycles. The molecule has 1 aliphatic rings. The second kappa shape index (κ2) is 11.0. The first-order valence-corrected chi connectivity index (χ1v) is 11.9. The number of amides is 1. The fourth-order valence-electron chi connectivity index (χ4n) is 4.29. The van der Waals surface area contributed by atoms with Crippen molar-refractivity contribution in [3.05, 3.63) is 88.5 Å². The van der Waals surface area contributed by atoms with Gasteiger partial charge in [-0.2, -0.15) is 0 Å². The number of para-hydroxylation sites is 1. The summed E-state index contributed by atoms with van der Waals surface area (Å²) in [4.78, 5) is 19.0. The standard InChI is InChI=1S/C26H27Cl2N3O2/c27-22-10-9-20(18-23(22)28)26(13-15-29-16-17-33-21-6-2-1-3-7-21)12-11-25(32)31(19-26)24-8-4-5-14-30-24/h1-10,14,18,29H,11-13,15-17,19H2/t26-/m1/s1. The summed E-state index contributed by atoms with van der Waals surface area (Å²) in [5.74, 6) is 1.63. The summed E-state index contributed by atoms with van der Waals surface area (Å²) < 4.78 is 5.77. The fourth-order valence-corrected chi connectivity index (χ4v) is 4.59. The van der Waals surface area contributed by atoms with E-state index >= 15 is 0 Å². The van der Waals surface area contributed by atoms with Crippen molar-refractivity contribution in [2.75, 3.05) is 31.1 Å². The van der Waals surface area contributed by atoms with Crippen LogP contribution in [0.3, 0.4) is 0 Å². The van der Waals surface area contributed by atoms with E-state index in [1.807, 2.05) is 66.7 Å². The van der Waals surface area contributed by atoms with E-state index in [-0.39, 0.29) is 11.3 Å². The van der Waals surface area contributed by atoms with Crippen LogP contribution in [-0.2, 0) is 10.2 Å². The number of nitrogens with zero attached hydrogens (tertiary/aromatic N) is 2. The SMILES string of the molecule is O=C1CC[C@](CCNCCOc2ccccc2)(c2ccc(Cl)c(Cl)c2)CN1c1ccccn1. The van der Waals surface area contributed by atoms with Gasteiger partial charge >= 0.3 is 0 Å². The molecule has 0 bridgehead atoms. The lowest BCUT2D eigenvalue weighted by Gasteiger charge is -2.43. The average Bonchev–Trinajstić information content (AvgIpc) is 2.85. The number of piperidine rings is 1. The van der Waals surface area contributed by atoms with Gasteiger partial charge < -0.3 is 10.1 Å². The topological polar surface area (TPSA) is 54.5 Å². The normalized spacial score (nSPS) is 18.4. The monoisotopic (exact) mass is 483 g/mol. The maximum Gasteiger partial charge on any atom is 0.228 e. The van der Waals surface area contributed by atoms with Gasteiger partial charge in [0.05, 0.1) is 10.0 Å². The number of rotatable bonds is 9. The molecule has 0 unspecified atom stereocenters. The Bertz CT molecular complexity index is 1070. The Morgan fingerprint density at radius 2 is 1.82 bits per heavy atom. The zero-order valence-corrected chi connectivity index (χ0v) is 19.9. The summed E-state index contributed by atoms with van der Waals surface area (Å²) in [5.41, 5.74) is 0.833. The lowest BCUT2D eigenvalue weighted by atomic mass is 9.71. The van der Waals surface area contributed by atoms with Crippen molar-refractivity contribution < 1.29 is 9.53 Å². The number of hydrogen-bond acceptors (Lipinski definition) is 4. The first-order valence-electron chi connectivity index (χ1n) is 11.1. The van der Waals surface area contributed by atoms with Gasteiger partial charge in [0.1, 0.15) is 18.2 Å². The largest absolute Gasteiger partial charge is 0.492 e. The number of anilines is 1. The average molecular weight is 484 g/mol. The molecule has 172 valence electrons. The van der Waals surface area contributed by atoms with Crippen molar-refractivity contribution in [3.63, 3.8) is 0 Å². The molecule has 2 heterocycles. The number of aromatic nitrogens is 1. The van der Waals surface area contributed by atoms with Crippen molar-refractivity contribution >= 4 is 34.9 Å². The Labute approximate surface area is 204 Å². The minimum absolute atomic E-state index is 0.0913.